The van der Waals surface area contributed by atoms with Crippen LogP contribution in [0.25, 0.3) is 0 Å². The largest absolute Gasteiger partial charge is 0.273 e. The molecule has 0 radical (unpaired) electrons. The summed E-state index contributed by atoms with van der Waals surface area (Å²) >= 11 is 3.94. The Morgan fingerprint density at radius 1 is 1.83 bits per heavy atom. The molecule has 0 spiro atoms. The zero-order valence-electron chi connectivity index (χ0n) is 3.15. The van der Waals surface area contributed by atoms with E-state index in [-0.39, 0.29) is 0 Å². The summed E-state index contributed by atoms with van der Waals surface area (Å²) in [6, 6.07) is 0. The Morgan fingerprint density at radius 3 is 2.67 bits per heavy atom. The fourth-order valence-electron chi connectivity index (χ4n) is 0.0801. The van der Waals surface area contributed by atoms with E-state index < -0.39 is 0 Å². The first kappa shape index (κ1) is 7.18. The number of hydrogen-bond donors (Lipinski definition) is 1. The Bertz CT molecular complexity index is 42.5. The van der Waals surface area contributed by atoms with E-state index in [2.05, 4.69) is 22.6 Å². The zero-order chi connectivity index (χ0) is 4.83. The van der Waals surface area contributed by atoms with E-state index in [1.54, 1.807) is 11.4 Å². The van der Waals surface area contributed by atoms with Gasteiger partial charge in [0.05, 0.1) is 7.57 Å². The molecule has 0 saturated carbocycles. The summed E-state index contributed by atoms with van der Waals surface area (Å²) in [5.41, 5.74) is 0. The Morgan fingerprint density at radius 2 is 2.50 bits per heavy atom. The number of halogens is 1. The molecule has 0 aromatic carbocycles. The van der Waals surface area contributed by atoms with Gasteiger partial charge in [-0.1, -0.05) is 34.0 Å². The molecule has 4 heteroatoms. The van der Waals surface area contributed by atoms with Crippen LogP contribution in [0.15, 0.2) is 0 Å². The minimum Gasteiger partial charge on any atom is -0.273 e. The van der Waals surface area contributed by atoms with Gasteiger partial charge in [0.1, 0.15) is 0 Å². The molecule has 0 amide bonds. The van der Waals surface area contributed by atoms with Gasteiger partial charge in [-0.25, -0.2) is 0 Å². The lowest BCUT2D eigenvalue weighted by Gasteiger charge is -1.78. The van der Waals surface area contributed by atoms with E-state index in [0.29, 0.717) is 7.57 Å². The number of hydrogen-bond acceptors (Lipinski definition) is 2. The van der Waals surface area contributed by atoms with Crippen molar-refractivity contribution in [3.8, 4) is 0 Å². The first-order chi connectivity index (χ1) is 2.91. The van der Waals surface area contributed by atoms with Gasteiger partial charge >= 0.3 is 0 Å². The molecule has 6 heavy (non-hydrogen) atoms. The van der Waals surface area contributed by atoms with Crippen molar-refractivity contribution >= 4 is 41.5 Å². The molecular formula is C2H5INPS. The topological polar surface area (TPSA) is 23.9 Å². The van der Waals surface area contributed by atoms with Gasteiger partial charge in [-0.15, -0.1) is 0 Å². The average molecular weight is 233 g/mol. The van der Waals surface area contributed by atoms with Crippen LogP contribution in [0.5, 0.6) is 0 Å². The summed E-state index contributed by atoms with van der Waals surface area (Å²) in [7, 11) is 0.707. The van der Waals surface area contributed by atoms with Crippen molar-refractivity contribution in [2.24, 2.45) is 0 Å². The third-order valence-electron chi connectivity index (χ3n) is 0.233. The molecule has 1 nitrogen and oxygen atoms in total. The molecule has 0 fully saturated rings. The highest BCUT2D eigenvalue weighted by Crippen LogP contribution is 2.17. The highest BCUT2D eigenvalue weighted by molar-refractivity contribution is 14.1. The molecule has 0 bridgehead atoms. The molecule has 0 aliphatic heterocycles. The van der Waals surface area contributed by atoms with Crippen molar-refractivity contribution in [2.45, 2.75) is 0 Å². The first-order valence-electron chi connectivity index (χ1n) is 1.46. The summed E-state index contributed by atoms with van der Waals surface area (Å²) in [6.45, 7) is 0. The van der Waals surface area contributed by atoms with E-state index in [1.807, 2.05) is 0 Å². The van der Waals surface area contributed by atoms with Crippen molar-refractivity contribution in [1.29, 1.82) is 5.16 Å². The second-order valence-corrected chi connectivity index (χ2v) is 3.86. The first-order valence-corrected chi connectivity index (χ1v) is 5.47. The third-order valence-corrected chi connectivity index (χ3v) is 2.96. The lowest BCUT2D eigenvalue weighted by molar-refractivity contribution is 1.62. The molecule has 36 valence electrons. The van der Waals surface area contributed by atoms with Gasteiger partial charge in [-0.05, 0) is 0 Å². The highest BCUT2D eigenvalue weighted by atomic mass is 127. The molecule has 0 rings (SSSR count). The summed E-state index contributed by atoms with van der Waals surface area (Å²) in [4.78, 5) is 0. The predicted molar refractivity (Wildman–Crippen MR) is 41.0 cm³/mol. The van der Waals surface area contributed by atoms with Crippen LogP contribution in [-0.4, -0.2) is 10.2 Å². The molecule has 0 unspecified atom stereocenters. The lowest BCUT2D eigenvalue weighted by Crippen LogP contribution is -1.67. The van der Waals surface area contributed by atoms with Gasteiger partial charge < -0.3 is 0 Å². The second kappa shape index (κ2) is 6.18. The Kier molecular flexibility index (Phi) is 7.40. The van der Waals surface area contributed by atoms with Crippen LogP contribution >= 0.6 is 41.5 Å². The highest BCUT2D eigenvalue weighted by Gasteiger charge is 1.75. The van der Waals surface area contributed by atoms with E-state index in [9.17, 15) is 0 Å². The van der Waals surface area contributed by atoms with Crippen molar-refractivity contribution in [2.75, 3.05) is 10.2 Å². The Hall–Kier alpha value is 1.18. The van der Waals surface area contributed by atoms with Gasteiger partial charge in [-0.2, -0.15) is 0 Å². The fraction of sp³-hybridized carbons (Fsp3) is 1.00. The molecule has 0 saturated heterocycles. The van der Waals surface area contributed by atoms with Gasteiger partial charge in [0, 0.05) is 10.2 Å². The molecule has 0 aromatic rings. The lowest BCUT2D eigenvalue weighted by atomic mass is 11.0. The van der Waals surface area contributed by atoms with Crippen LogP contribution in [-0.2, 0) is 0 Å². The number of nitrogens with one attached hydrogen (secondary N) is 1. The van der Waals surface area contributed by atoms with Crippen molar-refractivity contribution in [3.05, 3.63) is 0 Å². The smallest absolute Gasteiger partial charge is 0.0697 e. The van der Waals surface area contributed by atoms with Crippen molar-refractivity contribution < 1.29 is 0 Å². The van der Waals surface area contributed by atoms with Gasteiger partial charge in [0.15, 0.2) is 0 Å². The van der Waals surface area contributed by atoms with Gasteiger partial charge in [0.2, 0.25) is 0 Å². The molecule has 0 heterocycles. The zero-order valence-corrected chi connectivity index (χ0v) is 7.02. The SMILES string of the molecule is N=PSCCI. The molecule has 1 N–H and O–H groups in total. The minimum atomic E-state index is 0.707. The standard InChI is InChI=1S/C2H5INPS/c3-1-2-6-5-4/h4H,1-2H2. The van der Waals surface area contributed by atoms with E-state index in [4.69, 9.17) is 5.16 Å². The van der Waals surface area contributed by atoms with Crippen LogP contribution in [0.3, 0.4) is 0 Å². The van der Waals surface area contributed by atoms with E-state index in [1.165, 1.54) is 0 Å². The molecule has 0 aliphatic carbocycles. The van der Waals surface area contributed by atoms with E-state index in [0.717, 1.165) is 10.2 Å². The van der Waals surface area contributed by atoms with Crippen molar-refractivity contribution in [1.82, 2.24) is 0 Å². The summed E-state index contributed by atoms with van der Waals surface area (Å²) < 4.78 is 1.16. The Balaban J connectivity index is 2.49. The minimum absolute atomic E-state index is 0.707. The summed E-state index contributed by atoms with van der Waals surface area (Å²) in [5.74, 6) is 1.12. The molecule has 0 atom stereocenters. The third kappa shape index (κ3) is 5.18. The molecule has 0 aliphatic rings. The monoisotopic (exact) mass is 233 g/mol. The maximum Gasteiger partial charge on any atom is 0.0697 e. The predicted octanol–water partition coefficient (Wildman–Crippen LogP) is 2.78. The quantitative estimate of drug-likeness (QED) is 0.344. The maximum absolute atomic E-state index is 6.64. The van der Waals surface area contributed by atoms with Crippen LogP contribution in [0, 0.1) is 5.16 Å². The normalized spacial score (nSPS) is 9.50. The van der Waals surface area contributed by atoms with Crippen LogP contribution < -0.4 is 0 Å². The average Bonchev–Trinajstić information content (AvgIpc) is 1.61. The number of alkyl halides is 1. The van der Waals surface area contributed by atoms with Crippen LogP contribution in [0.4, 0.5) is 0 Å². The summed E-state index contributed by atoms with van der Waals surface area (Å²) in [6.07, 6.45) is 0. The van der Waals surface area contributed by atoms with E-state index >= 15 is 0 Å². The fourth-order valence-corrected chi connectivity index (χ4v) is 2.49. The second-order valence-electron chi connectivity index (χ2n) is 0.613. The number of rotatable bonds is 3. The molecular weight excluding hydrogens is 228 g/mol. The summed E-state index contributed by atoms with van der Waals surface area (Å²) in [5, 5.41) is 6.64. The van der Waals surface area contributed by atoms with Gasteiger partial charge in [0.25, 0.3) is 0 Å². The van der Waals surface area contributed by atoms with Gasteiger partial charge in [-0.3, -0.25) is 5.16 Å². The van der Waals surface area contributed by atoms with Crippen LogP contribution in [0.2, 0.25) is 0 Å². The van der Waals surface area contributed by atoms with Crippen molar-refractivity contribution in [3.63, 3.8) is 0 Å². The Labute approximate surface area is 56.8 Å². The molecule has 0 aromatic heterocycles. The maximum atomic E-state index is 6.64. The van der Waals surface area contributed by atoms with Crippen LogP contribution in [0.1, 0.15) is 0 Å².